The first-order valence-corrected chi connectivity index (χ1v) is 27.0. The summed E-state index contributed by atoms with van der Waals surface area (Å²) in [6, 6.07) is 0. The molecule has 11 N–H and O–H groups in total. The number of aliphatic hydroxyl groups excluding tert-OH is 2. The van der Waals surface area contributed by atoms with Gasteiger partial charge in [0.05, 0.1) is 38.8 Å². The maximum absolute atomic E-state index is 12.3. The maximum atomic E-state index is 12.3. The Kier molecular flexibility index (Phi) is 14.6. The molecular weight excluding hydrogens is 1040 g/mol. The van der Waals surface area contributed by atoms with E-state index in [0.29, 0.717) is 0 Å². The zero-order valence-electron chi connectivity index (χ0n) is 36.4. The molecule has 0 radical (unpaired) electrons. The standard InChI is InChI=1S/C33H44N15O17P3S2/c1-55-21-14(5-58-66(51,52)57-3)62-32(47-11-44-17-26(35)38-8-41-29(17)47)23(21)65-68(54,70)60-6-15-22(56-2)24(33(63-15)48-12-45-18-27(36)39-9-42-30(18)48)64-67(53,69)59-4-13-19(49)20(50)31(61-13)46-10-43-16-25(34)37-7-40-28(16)46/h7-15,19-24,31-33,49-50H,4-6H2,1-3H3,(H,51,52)(H,53,69)(H,54,70)(H2,34,37,40)(H2,35,38,41)(H2,36,39,42)/t13-,14-,15-,19-,20-,21-,22-,23-,24-,31-,32-,33-,67?,68?/m1/s1. The van der Waals surface area contributed by atoms with Crippen molar-refractivity contribution in [1.82, 2.24) is 58.6 Å². The van der Waals surface area contributed by atoms with E-state index in [1.165, 1.54) is 65.9 Å². The van der Waals surface area contributed by atoms with E-state index in [2.05, 4.69) is 49.4 Å². The Bertz CT molecular complexity index is 3020. The molecule has 0 amide bonds. The number of nitrogens with two attached hydrogens (primary N) is 3. The number of phosphoric acid groups is 1. The first-order chi connectivity index (χ1) is 33.3. The van der Waals surface area contributed by atoms with Crippen LogP contribution >= 0.6 is 21.3 Å². The lowest BCUT2D eigenvalue weighted by Crippen LogP contribution is -2.38. The minimum atomic E-state index is -4.51. The SMILES string of the molecule is CO[C@H]1[C@@H](OP(O)(=S)OC[C@H]2O[C@@H](n3cnc4c(N)ncnc43)[C@H](OP(O)(=S)OC[C@H]3O[C@@H](n4cnc5c(N)ncnc54)[C@H](O)[C@@H]3O)[C@@H]2OC)[C@H](n2cnc3c(N)ncnc32)O[C@@H]1COP(=O)(O)OC. The molecule has 3 fully saturated rings. The van der Waals surface area contributed by atoms with Gasteiger partial charge < -0.3 is 74.8 Å². The van der Waals surface area contributed by atoms with Gasteiger partial charge in [-0.15, -0.1) is 0 Å². The number of phosphoric ester groups is 1. The van der Waals surface area contributed by atoms with Crippen LogP contribution in [0, 0.1) is 0 Å². The summed E-state index contributed by atoms with van der Waals surface area (Å²) in [5.74, 6) is 0.165. The summed E-state index contributed by atoms with van der Waals surface area (Å²) in [4.78, 5) is 70.7. The Morgan fingerprint density at radius 2 is 0.929 bits per heavy atom. The molecule has 15 atom stereocenters. The van der Waals surface area contributed by atoms with Gasteiger partial charge in [-0.05, 0) is 23.6 Å². The van der Waals surface area contributed by atoms with Gasteiger partial charge in [0.15, 0.2) is 53.1 Å². The third kappa shape index (κ3) is 9.90. The lowest BCUT2D eigenvalue weighted by atomic mass is 10.1. The highest BCUT2D eigenvalue weighted by molar-refractivity contribution is 8.07. The molecule has 0 bridgehead atoms. The van der Waals surface area contributed by atoms with E-state index in [9.17, 15) is 29.5 Å². The number of hydrogen-bond acceptors (Lipinski definition) is 28. The van der Waals surface area contributed by atoms with E-state index in [4.69, 9.17) is 87.1 Å². The normalized spacial score (nSPS) is 30.9. The van der Waals surface area contributed by atoms with Gasteiger partial charge in [-0.1, -0.05) is 0 Å². The number of ether oxygens (including phenoxy) is 5. The number of hydrogen-bond donors (Lipinski definition) is 8. The minimum Gasteiger partial charge on any atom is -0.387 e. The Hall–Kier alpha value is -4.06. The Morgan fingerprint density at radius 1 is 0.557 bits per heavy atom. The Morgan fingerprint density at radius 3 is 1.33 bits per heavy atom. The molecule has 3 saturated heterocycles. The van der Waals surface area contributed by atoms with E-state index in [-0.39, 0.29) is 50.9 Å². The van der Waals surface area contributed by atoms with Crippen molar-refractivity contribution < 1.29 is 80.3 Å². The number of imidazole rings is 3. The highest BCUT2D eigenvalue weighted by Crippen LogP contribution is 2.54. The van der Waals surface area contributed by atoms with E-state index in [1.807, 2.05) is 0 Å². The Balaban J connectivity index is 0.940. The van der Waals surface area contributed by atoms with Crippen LogP contribution in [0.25, 0.3) is 33.5 Å². The molecule has 9 heterocycles. The molecule has 380 valence electrons. The molecule has 70 heavy (non-hydrogen) atoms. The number of anilines is 3. The van der Waals surface area contributed by atoms with Crippen LogP contribution in [0.3, 0.4) is 0 Å². The van der Waals surface area contributed by atoms with Gasteiger partial charge in [0.1, 0.15) is 90.5 Å². The van der Waals surface area contributed by atoms with Gasteiger partial charge in [-0.2, -0.15) is 0 Å². The number of rotatable bonds is 19. The van der Waals surface area contributed by atoms with Crippen molar-refractivity contribution in [2.24, 2.45) is 0 Å². The number of aliphatic hydroxyl groups is 2. The van der Waals surface area contributed by atoms with Crippen LogP contribution in [0.2, 0.25) is 0 Å². The first kappa shape index (κ1) is 50.9. The zero-order valence-corrected chi connectivity index (χ0v) is 40.7. The average molecular weight is 1080 g/mol. The summed E-state index contributed by atoms with van der Waals surface area (Å²) in [7, 11) is -0.937. The van der Waals surface area contributed by atoms with Crippen molar-refractivity contribution in [3.8, 4) is 0 Å². The molecule has 3 aliphatic rings. The van der Waals surface area contributed by atoms with Crippen molar-refractivity contribution >= 4 is 95.8 Å². The molecule has 0 saturated carbocycles. The first-order valence-electron chi connectivity index (χ1n) is 20.4. The smallest absolute Gasteiger partial charge is 0.387 e. The summed E-state index contributed by atoms with van der Waals surface area (Å²) in [6.45, 7) is -10.5. The van der Waals surface area contributed by atoms with Crippen LogP contribution in [0.15, 0.2) is 38.0 Å². The number of methoxy groups -OCH3 is 2. The molecule has 6 aromatic heterocycles. The van der Waals surface area contributed by atoms with Crippen molar-refractivity contribution in [2.45, 2.75) is 73.6 Å². The van der Waals surface area contributed by atoms with Gasteiger partial charge in [0, 0.05) is 21.3 Å². The summed E-state index contributed by atoms with van der Waals surface area (Å²) >= 11 is 11.0. The highest BCUT2D eigenvalue weighted by Gasteiger charge is 2.53. The van der Waals surface area contributed by atoms with Crippen LogP contribution in [0.4, 0.5) is 17.5 Å². The second-order valence-corrected chi connectivity index (χ2v) is 22.6. The molecule has 6 aromatic rings. The molecule has 0 aromatic carbocycles. The summed E-state index contributed by atoms with van der Waals surface area (Å²) < 4.78 is 80.1. The molecular formula is C33H44N15O17P3S2. The number of nitrogens with zero attached hydrogens (tertiary/aromatic N) is 12. The van der Waals surface area contributed by atoms with Crippen molar-refractivity contribution in [1.29, 1.82) is 0 Å². The van der Waals surface area contributed by atoms with Crippen molar-refractivity contribution in [3.63, 3.8) is 0 Å². The molecule has 3 aliphatic heterocycles. The number of fused-ring (bicyclic) bond motifs is 3. The topological polar surface area (TPSA) is 429 Å². The van der Waals surface area contributed by atoms with Gasteiger partial charge in [-0.3, -0.25) is 31.8 Å². The van der Waals surface area contributed by atoms with Crippen LogP contribution in [-0.2, 0) is 79.0 Å². The minimum absolute atomic E-state index is 0.0346. The van der Waals surface area contributed by atoms with Crippen molar-refractivity contribution in [2.75, 3.05) is 58.4 Å². The second-order valence-electron chi connectivity index (χ2n) is 15.4. The van der Waals surface area contributed by atoms with Crippen molar-refractivity contribution in [3.05, 3.63) is 38.0 Å². The van der Waals surface area contributed by atoms with Crippen LogP contribution in [0.5, 0.6) is 0 Å². The predicted molar refractivity (Wildman–Crippen MR) is 242 cm³/mol. The van der Waals surface area contributed by atoms with E-state index in [1.54, 1.807) is 0 Å². The summed E-state index contributed by atoms with van der Waals surface area (Å²) in [5.41, 5.74) is 19.2. The summed E-state index contributed by atoms with van der Waals surface area (Å²) in [6.07, 6.45) is -7.99. The van der Waals surface area contributed by atoms with Crippen LogP contribution in [0.1, 0.15) is 18.7 Å². The lowest BCUT2D eigenvalue weighted by molar-refractivity contribution is -0.0598. The summed E-state index contributed by atoms with van der Waals surface area (Å²) in [5, 5.41) is 22.0. The zero-order chi connectivity index (χ0) is 49.9. The quantitative estimate of drug-likeness (QED) is 0.0437. The fourth-order valence-electron chi connectivity index (χ4n) is 8.12. The molecule has 9 rings (SSSR count). The van der Waals surface area contributed by atoms with Gasteiger partial charge in [0.25, 0.3) is 0 Å². The largest absolute Gasteiger partial charge is 0.472 e. The fraction of sp³-hybridized carbons (Fsp3) is 0.545. The fourth-order valence-corrected chi connectivity index (χ4v) is 11.4. The van der Waals surface area contributed by atoms with E-state index in [0.717, 1.165) is 7.11 Å². The maximum Gasteiger partial charge on any atom is 0.472 e. The highest BCUT2D eigenvalue weighted by atomic mass is 32.5. The van der Waals surface area contributed by atoms with Crippen LogP contribution < -0.4 is 17.2 Å². The number of aromatic nitrogens is 12. The number of nitrogen functional groups attached to an aromatic ring is 3. The third-order valence-electron chi connectivity index (χ3n) is 11.4. The molecule has 0 spiro atoms. The van der Waals surface area contributed by atoms with Crippen LogP contribution in [-0.4, -0.2) is 180 Å². The predicted octanol–water partition coefficient (Wildman–Crippen LogP) is -1.30. The molecule has 0 aliphatic carbocycles. The Labute approximate surface area is 403 Å². The lowest BCUT2D eigenvalue weighted by Gasteiger charge is -2.29. The molecule has 32 nitrogen and oxygen atoms in total. The average Bonchev–Trinajstić information content (AvgIpc) is 4.19. The van der Waals surface area contributed by atoms with E-state index >= 15 is 0 Å². The second kappa shape index (κ2) is 20.1. The van der Waals surface area contributed by atoms with Gasteiger partial charge >= 0.3 is 21.3 Å². The molecule has 37 heteroatoms. The van der Waals surface area contributed by atoms with Gasteiger partial charge in [0.2, 0.25) is 0 Å². The monoisotopic (exact) mass is 1080 g/mol. The molecule has 3 unspecified atom stereocenters. The van der Waals surface area contributed by atoms with E-state index < -0.39 is 115 Å². The van der Waals surface area contributed by atoms with Gasteiger partial charge in [-0.25, -0.2) is 49.4 Å². The third-order valence-corrected chi connectivity index (χ3v) is 15.4.